The van der Waals surface area contributed by atoms with E-state index in [4.69, 9.17) is 0 Å². The number of anilines is 1. The molecule has 2 aromatic rings. The van der Waals surface area contributed by atoms with Gasteiger partial charge in [-0.25, -0.2) is 0 Å². The quantitative estimate of drug-likeness (QED) is 0.817. The lowest BCUT2D eigenvalue weighted by molar-refractivity contribution is -0.167. The minimum atomic E-state index is -4.93. The Labute approximate surface area is 144 Å². The normalized spacial score (nSPS) is 11.0. The summed E-state index contributed by atoms with van der Waals surface area (Å²) in [4.78, 5) is 22.8. The van der Waals surface area contributed by atoms with E-state index in [1.165, 1.54) is 24.3 Å². The third-order valence-electron chi connectivity index (χ3n) is 3.01. The second-order valence-electron chi connectivity index (χ2n) is 4.84. The van der Waals surface area contributed by atoms with Gasteiger partial charge >= 0.3 is 12.1 Å². The smallest absolute Gasteiger partial charge is 0.348 e. The van der Waals surface area contributed by atoms with Crippen molar-refractivity contribution in [2.24, 2.45) is 0 Å². The molecule has 0 aliphatic rings. The van der Waals surface area contributed by atoms with E-state index in [0.29, 0.717) is 11.1 Å². The van der Waals surface area contributed by atoms with Crippen LogP contribution in [-0.4, -0.2) is 18.0 Å². The van der Waals surface area contributed by atoms with Crippen molar-refractivity contribution >= 4 is 33.4 Å². The lowest BCUT2D eigenvalue weighted by Crippen LogP contribution is -2.29. The predicted molar refractivity (Wildman–Crippen MR) is 86.4 cm³/mol. The monoisotopic (exact) mass is 400 g/mol. The summed E-state index contributed by atoms with van der Waals surface area (Å²) in [6.07, 6.45) is -4.93. The molecule has 0 spiro atoms. The highest BCUT2D eigenvalue weighted by molar-refractivity contribution is 9.10. The Morgan fingerprint density at radius 3 is 2.29 bits per heavy atom. The number of nitrogens with one attached hydrogen (secondary N) is 2. The van der Waals surface area contributed by atoms with Gasteiger partial charge in [-0.1, -0.05) is 34.1 Å². The molecule has 0 aromatic heterocycles. The fraction of sp³-hybridized carbons (Fsp3) is 0.125. The molecule has 0 atom stereocenters. The first-order valence-electron chi connectivity index (χ1n) is 6.76. The zero-order valence-electron chi connectivity index (χ0n) is 12.2. The van der Waals surface area contributed by atoms with Crippen LogP contribution in [0, 0.1) is 0 Å². The SMILES string of the molecule is O=C(NCc1ccc(NC(=O)C(F)(F)F)cc1)c1cccc(Br)c1. The van der Waals surface area contributed by atoms with Gasteiger partial charge in [-0.2, -0.15) is 13.2 Å². The van der Waals surface area contributed by atoms with Crippen molar-refractivity contribution in [1.29, 1.82) is 0 Å². The maximum atomic E-state index is 12.2. The number of benzene rings is 2. The fourth-order valence-corrected chi connectivity index (χ4v) is 2.22. The molecule has 8 heteroatoms. The summed E-state index contributed by atoms with van der Waals surface area (Å²) >= 11 is 3.27. The van der Waals surface area contributed by atoms with Crippen LogP contribution in [0.4, 0.5) is 18.9 Å². The number of halogens is 4. The Bertz CT molecular complexity index is 746. The topological polar surface area (TPSA) is 58.2 Å². The van der Waals surface area contributed by atoms with Crippen LogP contribution < -0.4 is 10.6 Å². The molecule has 0 unspecified atom stereocenters. The summed E-state index contributed by atoms with van der Waals surface area (Å²) in [5.74, 6) is -2.30. The lowest BCUT2D eigenvalue weighted by atomic mass is 10.2. The van der Waals surface area contributed by atoms with Crippen LogP contribution in [-0.2, 0) is 11.3 Å². The molecule has 0 heterocycles. The van der Waals surface area contributed by atoms with Crippen molar-refractivity contribution in [3.63, 3.8) is 0 Å². The molecule has 0 aliphatic carbocycles. The summed E-state index contributed by atoms with van der Waals surface area (Å²) in [6.45, 7) is 0.207. The zero-order valence-corrected chi connectivity index (χ0v) is 13.7. The van der Waals surface area contributed by atoms with E-state index in [1.807, 2.05) is 0 Å². The standard InChI is InChI=1S/C16H12BrF3N2O2/c17-12-3-1-2-11(8-12)14(23)21-9-10-4-6-13(7-5-10)22-15(24)16(18,19)20/h1-8H,9H2,(H,21,23)(H,22,24). The number of carbonyl (C=O) groups is 2. The van der Waals surface area contributed by atoms with Crippen LogP contribution in [0.2, 0.25) is 0 Å². The maximum Gasteiger partial charge on any atom is 0.471 e. The molecule has 2 rings (SSSR count). The average molecular weight is 401 g/mol. The first-order valence-corrected chi connectivity index (χ1v) is 7.56. The summed E-state index contributed by atoms with van der Waals surface area (Å²) in [7, 11) is 0. The minimum absolute atomic E-state index is 0.0272. The fourth-order valence-electron chi connectivity index (χ4n) is 1.82. The molecule has 0 aliphatic heterocycles. The van der Waals surface area contributed by atoms with Gasteiger partial charge in [0.25, 0.3) is 5.91 Å². The highest BCUT2D eigenvalue weighted by atomic mass is 79.9. The van der Waals surface area contributed by atoms with Crippen LogP contribution in [0.15, 0.2) is 53.0 Å². The Morgan fingerprint density at radius 2 is 1.71 bits per heavy atom. The molecule has 0 saturated heterocycles. The van der Waals surface area contributed by atoms with Gasteiger partial charge in [-0.05, 0) is 35.9 Å². The van der Waals surface area contributed by atoms with Gasteiger partial charge in [0, 0.05) is 22.3 Å². The van der Waals surface area contributed by atoms with E-state index in [0.717, 1.165) is 4.47 Å². The molecular formula is C16H12BrF3N2O2. The van der Waals surface area contributed by atoms with E-state index < -0.39 is 12.1 Å². The van der Waals surface area contributed by atoms with Gasteiger partial charge in [0.2, 0.25) is 0 Å². The van der Waals surface area contributed by atoms with Crippen molar-refractivity contribution in [3.05, 3.63) is 64.1 Å². The molecule has 0 bridgehead atoms. The Kier molecular flexibility index (Phi) is 5.61. The van der Waals surface area contributed by atoms with Crippen molar-refractivity contribution in [2.75, 3.05) is 5.32 Å². The van der Waals surface area contributed by atoms with Crippen LogP contribution >= 0.6 is 15.9 Å². The van der Waals surface area contributed by atoms with Crippen LogP contribution in [0.5, 0.6) is 0 Å². The number of alkyl halides is 3. The minimum Gasteiger partial charge on any atom is -0.348 e. The first kappa shape index (κ1) is 18.0. The zero-order chi connectivity index (χ0) is 17.7. The number of carbonyl (C=O) groups excluding carboxylic acids is 2. The summed E-state index contributed by atoms with van der Waals surface area (Å²) in [5.41, 5.74) is 1.20. The van der Waals surface area contributed by atoms with Crippen LogP contribution in [0.25, 0.3) is 0 Å². The highest BCUT2D eigenvalue weighted by Gasteiger charge is 2.38. The van der Waals surface area contributed by atoms with Gasteiger partial charge < -0.3 is 10.6 Å². The van der Waals surface area contributed by atoms with Crippen LogP contribution in [0.3, 0.4) is 0 Å². The Hall–Kier alpha value is -2.35. The van der Waals surface area contributed by atoms with Gasteiger partial charge in [0.1, 0.15) is 0 Å². The Balaban J connectivity index is 1.92. The summed E-state index contributed by atoms with van der Waals surface area (Å²) in [6, 6.07) is 12.6. The van der Waals surface area contributed by atoms with Crippen molar-refractivity contribution in [2.45, 2.75) is 12.7 Å². The molecule has 0 fully saturated rings. The molecule has 2 amide bonds. The molecular weight excluding hydrogens is 389 g/mol. The molecule has 24 heavy (non-hydrogen) atoms. The third-order valence-corrected chi connectivity index (χ3v) is 3.50. The van der Waals surface area contributed by atoms with Gasteiger partial charge in [-0.3, -0.25) is 9.59 Å². The molecule has 0 saturated carbocycles. The van der Waals surface area contributed by atoms with Crippen LogP contribution in [0.1, 0.15) is 15.9 Å². The molecule has 2 N–H and O–H groups in total. The predicted octanol–water partition coefficient (Wildman–Crippen LogP) is 3.88. The molecule has 0 radical (unpaired) electrons. The van der Waals surface area contributed by atoms with Gasteiger partial charge in [-0.15, -0.1) is 0 Å². The second kappa shape index (κ2) is 7.48. The average Bonchev–Trinajstić information content (AvgIpc) is 2.53. The highest BCUT2D eigenvalue weighted by Crippen LogP contribution is 2.18. The van der Waals surface area contributed by atoms with Crippen molar-refractivity contribution < 1.29 is 22.8 Å². The number of hydrogen-bond acceptors (Lipinski definition) is 2. The van der Waals surface area contributed by atoms with E-state index in [2.05, 4.69) is 21.2 Å². The molecule has 2 aromatic carbocycles. The van der Waals surface area contributed by atoms with Gasteiger partial charge in [0.05, 0.1) is 0 Å². The van der Waals surface area contributed by atoms with Crippen molar-refractivity contribution in [3.8, 4) is 0 Å². The largest absolute Gasteiger partial charge is 0.471 e. The van der Waals surface area contributed by atoms with Crippen molar-refractivity contribution in [1.82, 2.24) is 5.32 Å². The van der Waals surface area contributed by atoms with E-state index >= 15 is 0 Å². The number of amides is 2. The number of rotatable bonds is 4. The Morgan fingerprint density at radius 1 is 1.04 bits per heavy atom. The number of hydrogen-bond donors (Lipinski definition) is 2. The van der Waals surface area contributed by atoms with Gasteiger partial charge in [0.15, 0.2) is 0 Å². The summed E-state index contributed by atoms with van der Waals surface area (Å²) in [5, 5.41) is 4.45. The lowest BCUT2D eigenvalue weighted by Gasteiger charge is -2.09. The van der Waals surface area contributed by atoms with E-state index in [9.17, 15) is 22.8 Å². The van der Waals surface area contributed by atoms with E-state index in [-0.39, 0.29) is 18.1 Å². The molecule has 4 nitrogen and oxygen atoms in total. The first-order chi connectivity index (χ1) is 11.3. The third kappa shape index (κ3) is 5.09. The maximum absolute atomic E-state index is 12.2. The second-order valence-corrected chi connectivity index (χ2v) is 5.76. The van der Waals surface area contributed by atoms with E-state index in [1.54, 1.807) is 29.6 Å². The molecule has 126 valence electrons. The summed E-state index contributed by atoms with van der Waals surface area (Å²) < 4.78 is 37.2.